The molecular weight excluding hydrogens is 401 g/mol. The van der Waals surface area contributed by atoms with Crippen LogP contribution in [0.1, 0.15) is 29.4 Å². The van der Waals surface area contributed by atoms with Crippen LogP contribution in [-0.2, 0) is 0 Å². The highest BCUT2D eigenvalue weighted by molar-refractivity contribution is 9.13. The lowest BCUT2D eigenvalue weighted by molar-refractivity contribution is 0.0695. The molecule has 1 amide bonds. The third-order valence-electron chi connectivity index (χ3n) is 3.33. The van der Waals surface area contributed by atoms with Crippen molar-refractivity contribution < 1.29 is 4.79 Å². The molecule has 2 nitrogen and oxygen atoms in total. The summed E-state index contributed by atoms with van der Waals surface area (Å²) in [6.07, 6.45) is 2.01. The highest BCUT2D eigenvalue weighted by Crippen LogP contribution is 2.34. The summed E-state index contributed by atoms with van der Waals surface area (Å²) in [5.74, 6) is 0.671. The molecule has 1 aromatic heterocycles. The maximum Gasteiger partial charge on any atom is 0.264 e. The first-order valence-electron chi connectivity index (χ1n) is 5.87. The molecule has 0 spiro atoms. The summed E-state index contributed by atoms with van der Waals surface area (Å²) >= 11 is 14.4. The predicted molar refractivity (Wildman–Crippen MR) is 83.7 cm³/mol. The van der Waals surface area contributed by atoms with E-state index >= 15 is 0 Å². The first-order chi connectivity index (χ1) is 8.49. The van der Waals surface area contributed by atoms with E-state index in [0.717, 1.165) is 39.1 Å². The zero-order valence-corrected chi connectivity index (χ0v) is 14.7. The van der Waals surface area contributed by atoms with Crippen molar-refractivity contribution in [3.05, 3.63) is 19.2 Å². The van der Waals surface area contributed by atoms with Crippen molar-refractivity contribution in [2.75, 3.05) is 13.1 Å². The second kappa shape index (κ2) is 6.25. The van der Waals surface area contributed by atoms with E-state index in [4.69, 9.17) is 11.6 Å². The first-order valence-corrected chi connectivity index (χ1v) is 8.71. The van der Waals surface area contributed by atoms with Crippen LogP contribution in [0.2, 0.25) is 0 Å². The number of amides is 1. The zero-order chi connectivity index (χ0) is 13.3. The quantitative estimate of drug-likeness (QED) is 0.638. The Morgan fingerprint density at radius 1 is 1.50 bits per heavy atom. The Hall–Kier alpha value is 0.420. The van der Waals surface area contributed by atoms with Crippen LogP contribution in [0.25, 0.3) is 0 Å². The van der Waals surface area contributed by atoms with Crippen LogP contribution in [0, 0.1) is 5.92 Å². The molecule has 1 fully saturated rings. The number of piperidine rings is 1. The molecule has 1 saturated heterocycles. The fourth-order valence-corrected chi connectivity index (χ4v) is 4.43. The van der Waals surface area contributed by atoms with Gasteiger partial charge >= 0.3 is 0 Å². The van der Waals surface area contributed by atoms with Gasteiger partial charge in [0.05, 0.1) is 8.66 Å². The van der Waals surface area contributed by atoms with E-state index in [1.165, 1.54) is 11.3 Å². The van der Waals surface area contributed by atoms with E-state index in [1.54, 1.807) is 0 Å². The van der Waals surface area contributed by atoms with Gasteiger partial charge in [-0.15, -0.1) is 22.9 Å². The van der Waals surface area contributed by atoms with Crippen molar-refractivity contribution in [2.24, 2.45) is 5.92 Å². The van der Waals surface area contributed by atoms with Crippen LogP contribution in [0.15, 0.2) is 14.3 Å². The maximum atomic E-state index is 12.3. The summed E-state index contributed by atoms with van der Waals surface area (Å²) in [6.45, 7) is 3.67. The number of alkyl halides is 1. The van der Waals surface area contributed by atoms with E-state index in [1.807, 2.05) is 17.9 Å². The molecule has 1 aliphatic rings. The molecule has 18 heavy (non-hydrogen) atoms. The van der Waals surface area contributed by atoms with Gasteiger partial charge in [0.2, 0.25) is 0 Å². The van der Waals surface area contributed by atoms with Gasteiger partial charge in [0.1, 0.15) is 0 Å². The van der Waals surface area contributed by atoms with E-state index in [9.17, 15) is 4.79 Å². The largest absolute Gasteiger partial charge is 0.338 e. The molecule has 1 aromatic rings. The molecule has 100 valence electrons. The van der Waals surface area contributed by atoms with Crippen LogP contribution in [0.3, 0.4) is 0 Å². The van der Waals surface area contributed by atoms with Crippen LogP contribution >= 0.6 is 54.8 Å². The van der Waals surface area contributed by atoms with Gasteiger partial charge in [-0.25, -0.2) is 0 Å². The molecule has 1 atom stereocenters. The summed E-state index contributed by atoms with van der Waals surface area (Å²) in [5, 5.41) is 0.201. The molecule has 0 aromatic carbocycles. The van der Waals surface area contributed by atoms with Crippen molar-refractivity contribution in [1.82, 2.24) is 4.90 Å². The summed E-state index contributed by atoms with van der Waals surface area (Å²) in [5.41, 5.74) is 0. The average molecular weight is 416 g/mol. The second-order valence-electron chi connectivity index (χ2n) is 4.54. The third kappa shape index (κ3) is 3.30. The zero-order valence-electron chi connectivity index (χ0n) is 9.96. The molecule has 0 saturated carbocycles. The third-order valence-corrected chi connectivity index (χ3v) is 6.93. The minimum Gasteiger partial charge on any atom is -0.338 e. The number of halogens is 3. The number of carbonyl (C=O) groups excluding carboxylic acids is 1. The highest BCUT2D eigenvalue weighted by Gasteiger charge is 2.27. The number of likely N-dealkylation sites (tertiary alicyclic amines) is 1. The molecule has 6 heteroatoms. The van der Waals surface area contributed by atoms with Gasteiger partial charge in [0, 0.05) is 22.9 Å². The normalized spacial score (nSPS) is 19.0. The van der Waals surface area contributed by atoms with Gasteiger partial charge in [-0.05, 0) is 63.6 Å². The Morgan fingerprint density at radius 2 is 2.11 bits per heavy atom. The Labute approximate surface area is 133 Å². The summed E-state index contributed by atoms with van der Waals surface area (Å²) in [7, 11) is 0. The minimum atomic E-state index is 0.132. The Balaban J connectivity index is 1.99. The van der Waals surface area contributed by atoms with Crippen molar-refractivity contribution in [2.45, 2.75) is 25.1 Å². The summed E-state index contributed by atoms with van der Waals surface area (Å²) in [6, 6.07) is 1.88. The molecule has 0 aliphatic carbocycles. The maximum absolute atomic E-state index is 12.3. The summed E-state index contributed by atoms with van der Waals surface area (Å²) < 4.78 is 1.91. The van der Waals surface area contributed by atoms with Gasteiger partial charge in [0.15, 0.2) is 0 Å². The second-order valence-corrected chi connectivity index (χ2v) is 8.45. The highest BCUT2D eigenvalue weighted by atomic mass is 79.9. The number of thiophene rings is 1. The number of hydrogen-bond acceptors (Lipinski definition) is 2. The fraction of sp³-hybridized carbons (Fsp3) is 0.583. The Morgan fingerprint density at radius 3 is 2.56 bits per heavy atom. The first kappa shape index (κ1) is 14.8. The smallest absolute Gasteiger partial charge is 0.264 e. The van der Waals surface area contributed by atoms with Gasteiger partial charge < -0.3 is 4.90 Å². The van der Waals surface area contributed by atoms with Gasteiger partial charge in [-0.3, -0.25) is 4.79 Å². The lowest BCUT2D eigenvalue weighted by Gasteiger charge is -2.32. The molecule has 0 radical (unpaired) electrons. The molecule has 0 bridgehead atoms. The standard InChI is InChI=1S/C12H14Br2ClNOS/c1-7(15)8-2-4-16(5-3-8)12(17)10-6-9(13)11(14)18-10/h6-8H,2-5H2,1H3. The van der Waals surface area contributed by atoms with E-state index in [0.29, 0.717) is 5.92 Å². The van der Waals surface area contributed by atoms with Crippen LogP contribution in [0.4, 0.5) is 0 Å². The Bertz CT molecular complexity index is 422. The van der Waals surface area contributed by atoms with Crippen molar-refractivity contribution in [3.63, 3.8) is 0 Å². The van der Waals surface area contributed by atoms with Crippen molar-refractivity contribution in [1.29, 1.82) is 0 Å². The lowest BCUT2D eigenvalue weighted by atomic mass is 9.94. The van der Waals surface area contributed by atoms with E-state index in [-0.39, 0.29) is 11.3 Å². The summed E-state index contributed by atoms with van der Waals surface area (Å²) in [4.78, 5) is 15.0. The van der Waals surface area contributed by atoms with E-state index in [2.05, 4.69) is 31.9 Å². The van der Waals surface area contributed by atoms with Gasteiger partial charge in [-0.1, -0.05) is 0 Å². The molecule has 2 heterocycles. The number of rotatable bonds is 2. The minimum absolute atomic E-state index is 0.132. The van der Waals surface area contributed by atoms with Crippen molar-refractivity contribution in [3.8, 4) is 0 Å². The van der Waals surface area contributed by atoms with Crippen LogP contribution in [-0.4, -0.2) is 29.3 Å². The number of carbonyl (C=O) groups is 1. The fourth-order valence-electron chi connectivity index (χ4n) is 2.17. The molecule has 1 unspecified atom stereocenters. The van der Waals surface area contributed by atoms with Crippen LogP contribution < -0.4 is 0 Å². The molecule has 1 aliphatic heterocycles. The lowest BCUT2D eigenvalue weighted by Crippen LogP contribution is -2.39. The Kier molecular flexibility index (Phi) is 5.14. The van der Waals surface area contributed by atoms with Gasteiger partial charge in [0.25, 0.3) is 5.91 Å². The number of nitrogens with zero attached hydrogens (tertiary/aromatic N) is 1. The average Bonchev–Trinajstić information content (AvgIpc) is 2.69. The predicted octanol–water partition coefficient (Wildman–Crippen LogP) is 4.75. The molecule has 2 rings (SSSR count). The molecule has 0 N–H and O–H groups in total. The monoisotopic (exact) mass is 413 g/mol. The molecular formula is C12H14Br2ClNOS. The van der Waals surface area contributed by atoms with E-state index < -0.39 is 0 Å². The SMILES string of the molecule is CC(Cl)C1CCN(C(=O)c2cc(Br)c(Br)s2)CC1. The van der Waals surface area contributed by atoms with Gasteiger partial charge in [-0.2, -0.15) is 0 Å². The topological polar surface area (TPSA) is 20.3 Å². The van der Waals surface area contributed by atoms with Crippen molar-refractivity contribution >= 4 is 60.7 Å². The van der Waals surface area contributed by atoms with Crippen LogP contribution in [0.5, 0.6) is 0 Å². The number of hydrogen-bond donors (Lipinski definition) is 0.